The van der Waals surface area contributed by atoms with Crippen molar-refractivity contribution in [1.29, 1.82) is 0 Å². The predicted octanol–water partition coefficient (Wildman–Crippen LogP) is 2.28. The van der Waals surface area contributed by atoms with Crippen molar-refractivity contribution >= 4 is 0 Å². The highest BCUT2D eigenvalue weighted by atomic mass is 16.5. The number of nitrogens with zero attached hydrogens (tertiary/aromatic N) is 1. The van der Waals surface area contributed by atoms with Gasteiger partial charge in [-0.2, -0.15) is 0 Å². The molecular weight excluding hydrogens is 252 g/mol. The van der Waals surface area contributed by atoms with Crippen molar-refractivity contribution < 1.29 is 9.47 Å². The van der Waals surface area contributed by atoms with Crippen molar-refractivity contribution in [2.45, 2.75) is 58.0 Å². The summed E-state index contributed by atoms with van der Waals surface area (Å²) in [6, 6.07) is 0. The van der Waals surface area contributed by atoms with Crippen LogP contribution in [0.4, 0.5) is 0 Å². The Hall–Kier alpha value is -0.160. The number of hydrogen-bond acceptors (Lipinski definition) is 4. The molecule has 0 aromatic heterocycles. The Morgan fingerprint density at radius 1 is 1.05 bits per heavy atom. The molecule has 1 N–H and O–H groups in total. The number of ether oxygens (including phenoxy) is 2. The third-order valence-corrected chi connectivity index (χ3v) is 5.09. The molecule has 1 saturated heterocycles. The van der Waals surface area contributed by atoms with Gasteiger partial charge in [0.1, 0.15) is 0 Å². The Kier molecular flexibility index (Phi) is 7.45. The minimum atomic E-state index is 0.236. The lowest BCUT2D eigenvalue weighted by atomic mass is 9.82. The molecule has 1 unspecified atom stereocenters. The van der Waals surface area contributed by atoms with Crippen LogP contribution in [0.5, 0.6) is 0 Å². The van der Waals surface area contributed by atoms with Gasteiger partial charge in [0.15, 0.2) is 0 Å². The van der Waals surface area contributed by atoms with Gasteiger partial charge in [-0.05, 0) is 26.2 Å². The van der Waals surface area contributed by atoms with Crippen LogP contribution in [0.3, 0.4) is 0 Å². The molecule has 1 rings (SSSR count). The smallest absolute Gasteiger partial charge is 0.0700 e. The minimum Gasteiger partial charge on any atom is -0.382 e. The van der Waals surface area contributed by atoms with E-state index in [1.807, 2.05) is 0 Å². The maximum atomic E-state index is 5.67. The van der Waals surface area contributed by atoms with Gasteiger partial charge in [0.25, 0.3) is 0 Å². The predicted molar refractivity (Wildman–Crippen MR) is 84.3 cm³/mol. The first-order chi connectivity index (χ1) is 9.55. The van der Waals surface area contributed by atoms with Crippen LogP contribution in [0.25, 0.3) is 0 Å². The summed E-state index contributed by atoms with van der Waals surface area (Å²) in [6.07, 6.45) is 3.54. The lowest BCUT2D eigenvalue weighted by molar-refractivity contribution is -0.0223. The molecule has 0 saturated carbocycles. The number of piperazine rings is 1. The normalized spacial score (nSPS) is 26.9. The van der Waals surface area contributed by atoms with E-state index < -0.39 is 0 Å². The number of methoxy groups -OCH3 is 1. The van der Waals surface area contributed by atoms with Crippen LogP contribution in [0.15, 0.2) is 0 Å². The molecule has 0 aliphatic carbocycles. The van der Waals surface area contributed by atoms with Crippen LogP contribution in [0.2, 0.25) is 0 Å². The molecule has 1 fully saturated rings. The van der Waals surface area contributed by atoms with Crippen LogP contribution in [0.1, 0.15) is 47.0 Å². The van der Waals surface area contributed by atoms with Crippen molar-refractivity contribution in [3.63, 3.8) is 0 Å². The zero-order valence-electron chi connectivity index (χ0n) is 14.1. The lowest BCUT2D eigenvalue weighted by Gasteiger charge is -2.53. The molecule has 0 aromatic carbocycles. The Balaban J connectivity index is 2.58. The average molecular weight is 286 g/mol. The molecule has 20 heavy (non-hydrogen) atoms. The molecule has 4 heteroatoms. The standard InChI is InChI=1S/C16H34N2O2/c1-6-15(4)14-18(9-10-20-12-11-19-5)16(7-2,8-3)13-17-15/h17H,6-14H2,1-5H3. The molecule has 0 bridgehead atoms. The van der Waals surface area contributed by atoms with Gasteiger partial charge >= 0.3 is 0 Å². The summed E-state index contributed by atoms with van der Waals surface area (Å²) in [6.45, 7) is 14.6. The molecule has 1 atom stereocenters. The molecule has 0 amide bonds. The SMILES string of the molecule is CCC1(C)CN(CCOCCOC)C(CC)(CC)CN1. The van der Waals surface area contributed by atoms with Crippen molar-refractivity contribution in [3.8, 4) is 0 Å². The Morgan fingerprint density at radius 3 is 2.30 bits per heavy atom. The van der Waals surface area contributed by atoms with E-state index in [-0.39, 0.29) is 5.54 Å². The summed E-state index contributed by atoms with van der Waals surface area (Å²) in [7, 11) is 1.71. The van der Waals surface area contributed by atoms with Crippen LogP contribution in [-0.4, -0.2) is 62.5 Å². The summed E-state index contributed by atoms with van der Waals surface area (Å²) in [4.78, 5) is 2.65. The summed E-state index contributed by atoms with van der Waals surface area (Å²) >= 11 is 0. The van der Waals surface area contributed by atoms with Crippen molar-refractivity contribution in [1.82, 2.24) is 10.2 Å². The van der Waals surface area contributed by atoms with E-state index in [1.54, 1.807) is 7.11 Å². The zero-order chi connectivity index (χ0) is 15.1. The first-order valence-corrected chi connectivity index (χ1v) is 8.12. The van der Waals surface area contributed by atoms with Gasteiger partial charge in [0.05, 0.1) is 19.8 Å². The number of hydrogen-bond donors (Lipinski definition) is 1. The van der Waals surface area contributed by atoms with Gasteiger partial charge in [0, 0.05) is 37.8 Å². The third kappa shape index (κ3) is 4.42. The summed E-state index contributed by atoms with van der Waals surface area (Å²) < 4.78 is 10.7. The van der Waals surface area contributed by atoms with E-state index in [4.69, 9.17) is 9.47 Å². The van der Waals surface area contributed by atoms with Crippen molar-refractivity contribution in [2.75, 3.05) is 46.6 Å². The van der Waals surface area contributed by atoms with E-state index in [1.165, 1.54) is 12.8 Å². The van der Waals surface area contributed by atoms with Gasteiger partial charge in [0.2, 0.25) is 0 Å². The van der Waals surface area contributed by atoms with Crippen molar-refractivity contribution in [2.24, 2.45) is 0 Å². The number of nitrogens with one attached hydrogen (secondary N) is 1. The summed E-state index contributed by atoms with van der Waals surface area (Å²) in [5, 5.41) is 3.78. The zero-order valence-corrected chi connectivity index (χ0v) is 14.1. The van der Waals surface area contributed by atoms with E-state index in [9.17, 15) is 0 Å². The minimum absolute atomic E-state index is 0.236. The highest BCUT2D eigenvalue weighted by Crippen LogP contribution is 2.30. The van der Waals surface area contributed by atoms with E-state index in [2.05, 4.69) is 37.9 Å². The highest BCUT2D eigenvalue weighted by molar-refractivity contribution is 5.02. The fraction of sp³-hybridized carbons (Fsp3) is 1.00. The summed E-state index contributed by atoms with van der Waals surface area (Å²) in [5.41, 5.74) is 0.527. The maximum Gasteiger partial charge on any atom is 0.0700 e. The van der Waals surface area contributed by atoms with Gasteiger partial charge < -0.3 is 14.8 Å². The first-order valence-electron chi connectivity index (χ1n) is 8.12. The maximum absolute atomic E-state index is 5.67. The largest absolute Gasteiger partial charge is 0.382 e. The van der Waals surface area contributed by atoms with Gasteiger partial charge in [-0.15, -0.1) is 0 Å². The molecule has 0 aromatic rings. The monoisotopic (exact) mass is 286 g/mol. The Bertz CT molecular complexity index is 269. The number of rotatable bonds is 9. The fourth-order valence-electron chi connectivity index (χ4n) is 3.05. The quantitative estimate of drug-likeness (QED) is 0.659. The lowest BCUT2D eigenvalue weighted by Crippen LogP contribution is -2.69. The first kappa shape index (κ1) is 17.9. The summed E-state index contributed by atoms with van der Waals surface area (Å²) in [5.74, 6) is 0. The van der Waals surface area contributed by atoms with Crippen LogP contribution in [0, 0.1) is 0 Å². The van der Waals surface area contributed by atoms with E-state index >= 15 is 0 Å². The molecule has 1 aliphatic rings. The average Bonchev–Trinajstić information content (AvgIpc) is 2.48. The van der Waals surface area contributed by atoms with E-state index in [0.717, 1.165) is 32.7 Å². The molecule has 0 spiro atoms. The van der Waals surface area contributed by atoms with Gasteiger partial charge in [-0.1, -0.05) is 20.8 Å². The second-order valence-corrected chi connectivity index (χ2v) is 6.23. The molecular formula is C16H34N2O2. The van der Waals surface area contributed by atoms with Crippen LogP contribution in [-0.2, 0) is 9.47 Å². The highest BCUT2D eigenvalue weighted by Gasteiger charge is 2.42. The second kappa shape index (κ2) is 8.32. The molecule has 0 radical (unpaired) electrons. The van der Waals surface area contributed by atoms with Crippen LogP contribution >= 0.6 is 0 Å². The van der Waals surface area contributed by atoms with E-state index in [0.29, 0.717) is 18.8 Å². The molecule has 1 heterocycles. The van der Waals surface area contributed by atoms with Crippen LogP contribution < -0.4 is 5.32 Å². The van der Waals surface area contributed by atoms with Gasteiger partial charge in [-0.25, -0.2) is 0 Å². The second-order valence-electron chi connectivity index (χ2n) is 6.23. The fourth-order valence-corrected chi connectivity index (χ4v) is 3.05. The van der Waals surface area contributed by atoms with Crippen molar-refractivity contribution in [3.05, 3.63) is 0 Å². The topological polar surface area (TPSA) is 33.7 Å². The molecule has 4 nitrogen and oxygen atoms in total. The Morgan fingerprint density at radius 2 is 1.75 bits per heavy atom. The Labute approximate surface area is 125 Å². The molecule has 1 aliphatic heterocycles. The third-order valence-electron chi connectivity index (χ3n) is 5.09. The molecule has 120 valence electrons. The van der Waals surface area contributed by atoms with Gasteiger partial charge in [-0.3, -0.25) is 4.90 Å².